The van der Waals surface area contributed by atoms with Crippen molar-refractivity contribution in [1.29, 1.82) is 0 Å². The number of imidazole rings is 1. The SMILES string of the molecule is c1ccc(-n2c(-c3ccc4c5ccc(-c6ccc7c(c6)c6ccccc6n7-c6ccccc6)cc5c5ccccc5c4c3)nc3ccccc32)cc1. The van der Waals surface area contributed by atoms with E-state index in [4.69, 9.17) is 4.98 Å². The van der Waals surface area contributed by atoms with Crippen molar-refractivity contribution in [3.63, 3.8) is 0 Å². The van der Waals surface area contributed by atoms with Gasteiger partial charge in [0.05, 0.1) is 22.1 Å². The molecule has 0 bridgehead atoms. The van der Waals surface area contributed by atoms with Crippen LogP contribution >= 0.6 is 0 Å². The van der Waals surface area contributed by atoms with Gasteiger partial charge in [0.25, 0.3) is 0 Å². The fraction of sp³-hybridized carbons (Fsp3) is 0. The van der Waals surface area contributed by atoms with Crippen molar-refractivity contribution in [2.75, 3.05) is 0 Å². The Hall–Kier alpha value is -6.97. The lowest BCUT2D eigenvalue weighted by atomic mass is 9.91. The summed E-state index contributed by atoms with van der Waals surface area (Å²) < 4.78 is 4.65. The number of para-hydroxylation sites is 5. The van der Waals surface area contributed by atoms with Crippen LogP contribution in [0.2, 0.25) is 0 Å². The molecule has 52 heavy (non-hydrogen) atoms. The van der Waals surface area contributed by atoms with Crippen LogP contribution in [0.4, 0.5) is 0 Å². The van der Waals surface area contributed by atoms with Crippen LogP contribution in [-0.2, 0) is 0 Å². The van der Waals surface area contributed by atoms with Crippen molar-refractivity contribution in [1.82, 2.24) is 14.1 Å². The van der Waals surface area contributed by atoms with Crippen LogP contribution in [0.15, 0.2) is 188 Å². The van der Waals surface area contributed by atoms with Crippen LogP contribution < -0.4 is 0 Å². The molecule has 9 aromatic carbocycles. The van der Waals surface area contributed by atoms with E-state index in [-0.39, 0.29) is 0 Å². The maximum atomic E-state index is 5.17. The van der Waals surface area contributed by atoms with Gasteiger partial charge in [0, 0.05) is 27.7 Å². The average Bonchev–Trinajstić information content (AvgIpc) is 3.77. The smallest absolute Gasteiger partial charge is 0.145 e. The van der Waals surface area contributed by atoms with E-state index in [1.54, 1.807) is 0 Å². The molecule has 0 saturated heterocycles. The summed E-state index contributed by atoms with van der Waals surface area (Å²) >= 11 is 0. The molecule has 242 valence electrons. The molecule has 0 atom stereocenters. The van der Waals surface area contributed by atoms with E-state index in [1.807, 2.05) is 0 Å². The summed E-state index contributed by atoms with van der Waals surface area (Å²) in [5, 5.41) is 10.0. The lowest BCUT2D eigenvalue weighted by Gasteiger charge is -2.14. The lowest BCUT2D eigenvalue weighted by molar-refractivity contribution is 1.10. The summed E-state index contributed by atoms with van der Waals surface area (Å²) in [6.07, 6.45) is 0. The van der Waals surface area contributed by atoms with Crippen molar-refractivity contribution >= 4 is 65.2 Å². The number of hydrogen-bond donors (Lipinski definition) is 0. The van der Waals surface area contributed by atoms with Crippen LogP contribution in [0.1, 0.15) is 0 Å². The Bertz CT molecular complexity index is 3150. The van der Waals surface area contributed by atoms with Gasteiger partial charge in [-0.1, -0.05) is 121 Å². The Morgan fingerprint density at radius 1 is 0.288 bits per heavy atom. The number of rotatable bonds is 4. The van der Waals surface area contributed by atoms with Crippen LogP contribution in [0.5, 0.6) is 0 Å². The molecule has 0 aliphatic rings. The summed E-state index contributed by atoms with van der Waals surface area (Å²) in [6.45, 7) is 0. The van der Waals surface area contributed by atoms with Crippen molar-refractivity contribution in [3.05, 3.63) is 188 Å². The molecule has 0 spiro atoms. The Kier molecular flexibility index (Phi) is 6.25. The van der Waals surface area contributed by atoms with Gasteiger partial charge in [0.2, 0.25) is 0 Å². The molecule has 11 rings (SSSR count). The fourth-order valence-electron chi connectivity index (χ4n) is 8.34. The van der Waals surface area contributed by atoms with Crippen LogP contribution in [-0.4, -0.2) is 14.1 Å². The molecule has 0 saturated carbocycles. The predicted octanol–water partition coefficient (Wildman–Crippen LogP) is 12.9. The van der Waals surface area contributed by atoms with Gasteiger partial charge in [0.15, 0.2) is 0 Å². The lowest BCUT2D eigenvalue weighted by Crippen LogP contribution is -1.97. The normalized spacial score (nSPS) is 11.8. The Morgan fingerprint density at radius 2 is 0.750 bits per heavy atom. The molecular weight excluding hydrogens is 631 g/mol. The highest BCUT2D eigenvalue weighted by atomic mass is 15.1. The highest BCUT2D eigenvalue weighted by molar-refractivity contribution is 6.26. The highest BCUT2D eigenvalue weighted by Gasteiger charge is 2.18. The van der Waals surface area contributed by atoms with Crippen LogP contribution in [0.3, 0.4) is 0 Å². The minimum absolute atomic E-state index is 0.942. The molecule has 3 nitrogen and oxygen atoms in total. The van der Waals surface area contributed by atoms with Gasteiger partial charge < -0.3 is 4.57 Å². The molecule has 0 amide bonds. The van der Waals surface area contributed by atoms with E-state index in [9.17, 15) is 0 Å². The summed E-state index contributed by atoms with van der Waals surface area (Å²) in [4.78, 5) is 5.17. The fourth-order valence-corrected chi connectivity index (χ4v) is 8.34. The first-order chi connectivity index (χ1) is 25.8. The minimum atomic E-state index is 0.942. The van der Waals surface area contributed by atoms with Crippen molar-refractivity contribution < 1.29 is 0 Å². The second-order valence-electron chi connectivity index (χ2n) is 13.6. The molecular formula is C49H31N3. The summed E-state index contributed by atoms with van der Waals surface area (Å²) in [5.74, 6) is 0.942. The summed E-state index contributed by atoms with van der Waals surface area (Å²) in [5.41, 5.74) is 10.3. The molecule has 3 heteroatoms. The van der Waals surface area contributed by atoms with Crippen molar-refractivity contribution in [3.8, 4) is 33.9 Å². The van der Waals surface area contributed by atoms with E-state index < -0.39 is 0 Å². The first-order valence-electron chi connectivity index (χ1n) is 17.8. The van der Waals surface area contributed by atoms with Crippen molar-refractivity contribution in [2.24, 2.45) is 0 Å². The van der Waals surface area contributed by atoms with Gasteiger partial charge in [-0.2, -0.15) is 0 Å². The zero-order valence-corrected chi connectivity index (χ0v) is 28.2. The van der Waals surface area contributed by atoms with Gasteiger partial charge in [0.1, 0.15) is 5.82 Å². The standard InChI is InChI=1S/C49H31N3/c1-3-13-35(14-4-1)51-46-21-11-9-19-41(46)44-30-33(25-28-47(44)51)32-23-26-39-40-27-24-34(31-43(40)38-18-8-7-17-37(38)42(39)29-32)49-50-45-20-10-12-22-48(45)52(49)36-15-5-2-6-16-36/h1-31H. The van der Waals surface area contributed by atoms with E-state index in [2.05, 4.69) is 197 Å². The van der Waals surface area contributed by atoms with Gasteiger partial charge in [-0.05, 0) is 110 Å². The zero-order chi connectivity index (χ0) is 34.2. The molecule has 0 aliphatic carbocycles. The number of hydrogen-bond acceptors (Lipinski definition) is 1. The molecule has 0 fully saturated rings. The Morgan fingerprint density at radius 3 is 1.44 bits per heavy atom. The largest absolute Gasteiger partial charge is 0.309 e. The van der Waals surface area contributed by atoms with Gasteiger partial charge in [-0.15, -0.1) is 0 Å². The molecule has 11 aromatic rings. The number of fused-ring (bicyclic) bond motifs is 10. The van der Waals surface area contributed by atoms with E-state index >= 15 is 0 Å². The molecule has 0 N–H and O–H groups in total. The predicted molar refractivity (Wildman–Crippen MR) is 219 cm³/mol. The molecule has 2 heterocycles. The van der Waals surface area contributed by atoms with E-state index in [1.165, 1.54) is 70.9 Å². The van der Waals surface area contributed by atoms with Crippen LogP contribution in [0.25, 0.3) is 99.0 Å². The third kappa shape index (κ3) is 4.30. The van der Waals surface area contributed by atoms with E-state index in [0.29, 0.717) is 0 Å². The second-order valence-corrected chi connectivity index (χ2v) is 13.6. The monoisotopic (exact) mass is 661 g/mol. The number of benzene rings is 9. The minimum Gasteiger partial charge on any atom is -0.309 e. The number of aromatic nitrogens is 3. The highest BCUT2D eigenvalue weighted by Crippen LogP contribution is 2.41. The second kappa shape index (κ2) is 11.3. The topological polar surface area (TPSA) is 22.8 Å². The Balaban J connectivity index is 1.10. The average molecular weight is 662 g/mol. The van der Waals surface area contributed by atoms with Gasteiger partial charge in [-0.25, -0.2) is 4.98 Å². The first kappa shape index (κ1) is 28.8. The first-order valence-corrected chi connectivity index (χ1v) is 17.8. The van der Waals surface area contributed by atoms with Gasteiger partial charge >= 0.3 is 0 Å². The third-order valence-electron chi connectivity index (χ3n) is 10.7. The molecule has 0 unspecified atom stereocenters. The molecule has 0 aliphatic heterocycles. The molecule has 0 radical (unpaired) electrons. The van der Waals surface area contributed by atoms with E-state index in [0.717, 1.165) is 28.1 Å². The number of nitrogens with zero attached hydrogens (tertiary/aromatic N) is 3. The van der Waals surface area contributed by atoms with Crippen LogP contribution in [0, 0.1) is 0 Å². The Labute approximate surface area is 300 Å². The maximum Gasteiger partial charge on any atom is 0.145 e. The third-order valence-corrected chi connectivity index (χ3v) is 10.7. The summed E-state index contributed by atoms with van der Waals surface area (Å²) in [6, 6.07) is 67.9. The quantitative estimate of drug-likeness (QED) is 0.172. The molecule has 2 aromatic heterocycles. The van der Waals surface area contributed by atoms with Gasteiger partial charge in [-0.3, -0.25) is 4.57 Å². The van der Waals surface area contributed by atoms with Crippen molar-refractivity contribution in [2.45, 2.75) is 0 Å². The summed E-state index contributed by atoms with van der Waals surface area (Å²) in [7, 11) is 0. The zero-order valence-electron chi connectivity index (χ0n) is 28.2. The maximum absolute atomic E-state index is 5.17.